The molecule has 0 saturated heterocycles. The molecule has 0 saturated carbocycles. The summed E-state index contributed by atoms with van der Waals surface area (Å²) < 4.78 is 0. The van der Waals surface area contributed by atoms with Gasteiger partial charge < -0.3 is 5.32 Å². The maximum Gasteiger partial charge on any atom is 0.261 e. The summed E-state index contributed by atoms with van der Waals surface area (Å²) in [6, 6.07) is 7.59. The summed E-state index contributed by atoms with van der Waals surface area (Å²) >= 11 is 1.57. The quantitative estimate of drug-likeness (QED) is 0.927. The molecule has 0 spiro atoms. The predicted molar refractivity (Wildman–Crippen MR) is 78.6 cm³/mol. The van der Waals surface area contributed by atoms with Crippen LogP contribution in [0, 0.1) is 6.92 Å². The van der Waals surface area contributed by atoms with E-state index in [1.807, 2.05) is 38.1 Å². The summed E-state index contributed by atoms with van der Waals surface area (Å²) in [7, 11) is 0. The van der Waals surface area contributed by atoms with Crippen LogP contribution in [0.2, 0.25) is 0 Å². The number of amides is 1. The molecule has 19 heavy (non-hydrogen) atoms. The van der Waals surface area contributed by atoms with Gasteiger partial charge in [-0.1, -0.05) is 13.0 Å². The number of aromatic nitrogens is 1. The van der Waals surface area contributed by atoms with Gasteiger partial charge in [0.2, 0.25) is 0 Å². The molecule has 0 fully saturated rings. The maximum atomic E-state index is 12.2. The largest absolute Gasteiger partial charge is 0.343 e. The standard InChI is InChI=1S/C15H18N2OS/c1-4-13-10(2)9-14(19-13)15(18)17-11(3)12-7-5-6-8-16-12/h5-9,11H,4H2,1-3H3,(H,17,18)/t11-/m0/s1. The molecule has 3 nitrogen and oxygen atoms in total. The summed E-state index contributed by atoms with van der Waals surface area (Å²) in [6.07, 6.45) is 2.71. The van der Waals surface area contributed by atoms with Crippen molar-refractivity contribution >= 4 is 17.2 Å². The number of pyridine rings is 1. The minimum absolute atomic E-state index is 0.0223. The van der Waals surface area contributed by atoms with Gasteiger partial charge in [0.15, 0.2) is 0 Å². The molecular weight excluding hydrogens is 256 g/mol. The van der Waals surface area contributed by atoms with Crippen LogP contribution in [-0.4, -0.2) is 10.9 Å². The fourth-order valence-electron chi connectivity index (χ4n) is 1.96. The van der Waals surface area contributed by atoms with Crippen molar-refractivity contribution in [3.63, 3.8) is 0 Å². The van der Waals surface area contributed by atoms with Crippen molar-refractivity contribution in [2.24, 2.45) is 0 Å². The molecule has 100 valence electrons. The molecule has 0 unspecified atom stereocenters. The van der Waals surface area contributed by atoms with Crippen molar-refractivity contribution in [2.45, 2.75) is 33.2 Å². The van der Waals surface area contributed by atoms with E-state index in [0.29, 0.717) is 0 Å². The molecule has 0 radical (unpaired) electrons. The average Bonchev–Trinajstić information content (AvgIpc) is 2.81. The van der Waals surface area contributed by atoms with E-state index in [2.05, 4.69) is 17.2 Å². The van der Waals surface area contributed by atoms with Crippen LogP contribution in [0.25, 0.3) is 0 Å². The molecule has 0 aliphatic rings. The molecule has 4 heteroatoms. The second-order valence-electron chi connectivity index (χ2n) is 4.52. The molecule has 2 heterocycles. The van der Waals surface area contributed by atoms with Crippen LogP contribution in [-0.2, 0) is 6.42 Å². The van der Waals surface area contributed by atoms with Crippen molar-refractivity contribution in [2.75, 3.05) is 0 Å². The van der Waals surface area contributed by atoms with E-state index in [9.17, 15) is 4.79 Å². The number of thiophene rings is 1. The highest BCUT2D eigenvalue weighted by Crippen LogP contribution is 2.23. The van der Waals surface area contributed by atoms with E-state index in [1.165, 1.54) is 10.4 Å². The Labute approximate surface area is 117 Å². The van der Waals surface area contributed by atoms with Gasteiger partial charge in [-0.05, 0) is 44.0 Å². The second-order valence-corrected chi connectivity index (χ2v) is 5.66. The third-order valence-electron chi connectivity index (χ3n) is 3.04. The molecule has 1 N–H and O–H groups in total. The van der Waals surface area contributed by atoms with E-state index in [4.69, 9.17) is 0 Å². The number of carbonyl (C=O) groups excluding carboxylic acids is 1. The van der Waals surface area contributed by atoms with E-state index < -0.39 is 0 Å². The highest BCUT2D eigenvalue weighted by molar-refractivity contribution is 7.14. The average molecular weight is 274 g/mol. The van der Waals surface area contributed by atoms with Crippen LogP contribution < -0.4 is 5.32 Å². The first kappa shape index (κ1) is 13.7. The lowest BCUT2D eigenvalue weighted by atomic mass is 10.2. The maximum absolute atomic E-state index is 12.2. The number of rotatable bonds is 4. The molecule has 0 bridgehead atoms. The fourth-order valence-corrected chi connectivity index (χ4v) is 2.97. The first-order valence-electron chi connectivity index (χ1n) is 6.43. The molecule has 2 aromatic heterocycles. The van der Waals surface area contributed by atoms with Crippen LogP contribution in [0.1, 0.15) is 45.7 Å². The summed E-state index contributed by atoms with van der Waals surface area (Å²) in [6.45, 7) is 6.10. The summed E-state index contributed by atoms with van der Waals surface area (Å²) in [4.78, 5) is 18.5. The number of hydrogen-bond donors (Lipinski definition) is 1. The Bertz CT molecular complexity index is 563. The zero-order chi connectivity index (χ0) is 13.8. The van der Waals surface area contributed by atoms with Crippen LogP contribution in [0.15, 0.2) is 30.5 Å². The van der Waals surface area contributed by atoms with Crippen LogP contribution in [0.4, 0.5) is 0 Å². The lowest BCUT2D eigenvalue weighted by Crippen LogP contribution is -2.26. The SMILES string of the molecule is CCc1sc(C(=O)N[C@@H](C)c2ccccn2)cc1C. The van der Waals surface area contributed by atoms with Crippen molar-refractivity contribution in [3.05, 3.63) is 51.5 Å². The van der Waals surface area contributed by atoms with E-state index in [-0.39, 0.29) is 11.9 Å². The summed E-state index contributed by atoms with van der Waals surface area (Å²) in [5, 5.41) is 2.99. The zero-order valence-electron chi connectivity index (χ0n) is 11.4. The summed E-state index contributed by atoms with van der Waals surface area (Å²) in [5.41, 5.74) is 2.07. The minimum atomic E-state index is -0.0822. The molecular formula is C15H18N2OS. The molecule has 0 aliphatic carbocycles. The second kappa shape index (κ2) is 5.97. The molecule has 1 amide bonds. The van der Waals surface area contributed by atoms with Gasteiger partial charge >= 0.3 is 0 Å². The monoisotopic (exact) mass is 274 g/mol. The molecule has 2 aromatic rings. The number of nitrogens with one attached hydrogen (secondary N) is 1. The van der Waals surface area contributed by atoms with Crippen molar-refractivity contribution in [1.82, 2.24) is 10.3 Å². The van der Waals surface area contributed by atoms with Gasteiger partial charge in [0.1, 0.15) is 0 Å². The number of carbonyl (C=O) groups is 1. The van der Waals surface area contributed by atoms with E-state index in [0.717, 1.165) is 17.0 Å². The first-order chi connectivity index (χ1) is 9.11. The Morgan fingerprint density at radius 2 is 2.26 bits per heavy atom. The van der Waals surface area contributed by atoms with Crippen LogP contribution in [0.3, 0.4) is 0 Å². The normalized spacial score (nSPS) is 12.2. The Balaban J connectivity index is 2.08. The topological polar surface area (TPSA) is 42.0 Å². The molecule has 1 atom stereocenters. The van der Waals surface area contributed by atoms with Crippen LogP contribution >= 0.6 is 11.3 Å². The summed E-state index contributed by atoms with van der Waals surface area (Å²) in [5.74, 6) is -0.0223. The van der Waals surface area contributed by atoms with E-state index in [1.54, 1.807) is 17.5 Å². The van der Waals surface area contributed by atoms with Crippen molar-refractivity contribution < 1.29 is 4.79 Å². The van der Waals surface area contributed by atoms with Gasteiger partial charge in [-0.15, -0.1) is 11.3 Å². The van der Waals surface area contributed by atoms with Crippen molar-refractivity contribution in [3.8, 4) is 0 Å². The van der Waals surface area contributed by atoms with Gasteiger partial charge in [-0.25, -0.2) is 0 Å². The van der Waals surface area contributed by atoms with Gasteiger partial charge in [0.05, 0.1) is 16.6 Å². The molecule has 0 aromatic carbocycles. The smallest absolute Gasteiger partial charge is 0.261 e. The number of nitrogens with zero attached hydrogens (tertiary/aromatic N) is 1. The Morgan fingerprint density at radius 1 is 1.47 bits per heavy atom. The third-order valence-corrected chi connectivity index (χ3v) is 4.42. The van der Waals surface area contributed by atoms with E-state index >= 15 is 0 Å². The Kier molecular flexibility index (Phi) is 4.32. The number of hydrogen-bond acceptors (Lipinski definition) is 3. The number of aryl methyl sites for hydroxylation is 2. The first-order valence-corrected chi connectivity index (χ1v) is 7.24. The van der Waals surface area contributed by atoms with Gasteiger partial charge in [0.25, 0.3) is 5.91 Å². The van der Waals surface area contributed by atoms with Gasteiger partial charge in [-0.2, -0.15) is 0 Å². The Hall–Kier alpha value is -1.68. The highest BCUT2D eigenvalue weighted by atomic mass is 32.1. The van der Waals surface area contributed by atoms with Gasteiger partial charge in [-0.3, -0.25) is 9.78 Å². The lowest BCUT2D eigenvalue weighted by molar-refractivity contribution is 0.0943. The molecule has 2 rings (SSSR count). The molecule has 0 aliphatic heterocycles. The van der Waals surface area contributed by atoms with Crippen molar-refractivity contribution in [1.29, 1.82) is 0 Å². The predicted octanol–water partition coefficient (Wildman–Crippen LogP) is 3.50. The third kappa shape index (κ3) is 3.20. The minimum Gasteiger partial charge on any atom is -0.343 e. The fraction of sp³-hybridized carbons (Fsp3) is 0.333. The Morgan fingerprint density at radius 3 is 2.84 bits per heavy atom. The van der Waals surface area contributed by atoms with Gasteiger partial charge in [0, 0.05) is 11.1 Å². The van der Waals surface area contributed by atoms with Crippen LogP contribution in [0.5, 0.6) is 0 Å². The lowest BCUT2D eigenvalue weighted by Gasteiger charge is -2.12. The highest BCUT2D eigenvalue weighted by Gasteiger charge is 2.15. The zero-order valence-corrected chi connectivity index (χ0v) is 12.3.